The van der Waals surface area contributed by atoms with Crippen molar-refractivity contribution in [3.05, 3.63) is 58.1 Å². The number of para-hydroxylation sites is 2. The summed E-state index contributed by atoms with van der Waals surface area (Å²) < 4.78 is 6.73. The van der Waals surface area contributed by atoms with E-state index < -0.39 is 4.92 Å². The van der Waals surface area contributed by atoms with Crippen LogP contribution in [-0.2, 0) is 0 Å². The number of nitriles is 1. The third kappa shape index (κ3) is 3.26. The number of tetrazole rings is 1. The Morgan fingerprint density at radius 2 is 2.12 bits per heavy atom. The summed E-state index contributed by atoms with van der Waals surface area (Å²) in [6, 6.07) is 13.3. The first kappa shape index (κ1) is 16.4. The molecular weight excluding hydrogens is 344 g/mol. The van der Waals surface area contributed by atoms with Crippen LogP contribution in [0, 0.1) is 21.4 Å². The Morgan fingerprint density at radius 3 is 2.84 bits per heavy atom. The van der Waals surface area contributed by atoms with Crippen LogP contribution >= 0.6 is 11.8 Å². The van der Waals surface area contributed by atoms with Gasteiger partial charge in [-0.1, -0.05) is 12.1 Å². The summed E-state index contributed by atoms with van der Waals surface area (Å²) in [6.07, 6.45) is 0. The smallest absolute Gasteiger partial charge is 0.284 e. The molecule has 124 valence electrons. The third-order valence-corrected chi connectivity index (χ3v) is 4.24. The van der Waals surface area contributed by atoms with Crippen LogP contribution in [0.15, 0.2) is 52.5 Å². The fraction of sp³-hybridized carbons (Fsp3) is 0.0667. The van der Waals surface area contributed by atoms with Gasteiger partial charge in [-0.05, 0) is 46.5 Å². The van der Waals surface area contributed by atoms with Gasteiger partial charge in [0.1, 0.15) is 11.4 Å². The zero-order chi connectivity index (χ0) is 17.8. The van der Waals surface area contributed by atoms with Gasteiger partial charge in [-0.15, -0.1) is 5.10 Å². The van der Waals surface area contributed by atoms with Crippen LogP contribution < -0.4 is 4.74 Å². The molecule has 0 N–H and O–H groups in total. The second-order valence-corrected chi connectivity index (χ2v) is 5.71. The Kier molecular flexibility index (Phi) is 4.58. The van der Waals surface area contributed by atoms with Crippen LogP contribution in [-0.4, -0.2) is 32.2 Å². The number of nitro benzene ring substituents is 1. The van der Waals surface area contributed by atoms with Crippen molar-refractivity contribution in [1.29, 1.82) is 5.26 Å². The first-order valence-corrected chi connectivity index (χ1v) is 7.74. The fourth-order valence-electron chi connectivity index (χ4n) is 2.11. The Bertz CT molecular complexity index is 981. The highest BCUT2D eigenvalue weighted by atomic mass is 32.2. The van der Waals surface area contributed by atoms with Gasteiger partial charge in [0.25, 0.3) is 5.69 Å². The van der Waals surface area contributed by atoms with E-state index in [9.17, 15) is 10.1 Å². The second-order valence-electron chi connectivity index (χ2n) is 4.70. The molecule has 2 aromatic carbocycles. The van der Waals surface area contributed by atoms with Crippen molar-refractivity contribution >= 4 is 17.4 Å². The predicted molar refractivity (Wildman–Crippen MR) is 87.6 cm³/mol. The molecule has 0 unspecified atom stereocenters. The predicted octanol–water partition coefficient (Wildman–Crippen LogP) is 2.60. The largest absolute Gasteiger partial charge is 0.494 e. The number of aromatic nitrogens is 4. The highest BCUT2D eigenvalue weighted by molar-refractivity contribution is 7.99. The summed E-state index contributed by atoms with van der Waals surface area (Å²) in [5.41, 5.74) is 0.632. The minimum atomic E-state index is -0.541. The molecule has 0 atom stereocenters. The molecule has 0 spiro atoms. The van der Waals surface area contributed by atoms with Crippen molar-refractivity contribution in [2.24, 2.45) is 0 Å². The quantitative estimate of drug-likeness (QED) is 0.506. The average Bonchev–Trinajstić information content (AvgIpc) is 3.09. The number of rotatable bonds is 5. The molecule has 0 aliphatic rings. The summed E-state index contributed by atoms with van der Waals surface area (Å²) in [5.74, 6) is 0.561. The van der Waals surface area contributed by atoms with Gasteiger partial charge >= 0.3 is 0 Å². The summed E-state index contributed by atoms with van der Waals surface area (Å²) >= 11 is 1.03. The van der Waals surface area contributed by atoms with Gasteiger partial charge in [0.05, 0.1) is 28.6 Å². The molecule has 9 nitrogen and oxygen atoms in total. The Hall–Kier alpha value is -3.45. The van der Waals surface area contributed by atoms with E-state index in [4.69, 9.17) is 10.00 Å². The maximum Gasteiger partial charge on any atom is 0.284 e. The van der Waals surface area contributed by atoms with Gasteiger partial charge in [0, 0.05) is 6.07 Å². The number of nitrogens with zero attached hydrogens (tertiary/aromatic N) is 6. The van der Waals surface area contributed by atoms with E-state index in [1.54, 1.807) is 18.2 Å². The molecule has 0 aliphatic heterocycles. The van der Waals surface area contributed by atoms with E-state index >= 15 is 0 Å². The number of benzene rings is 2. The van der Waals surface area contributed by atoms with Gasteiger partial charge in [-0.2, -0.15) is 9.94 Å². The highest BCUT2D eigenvalue weighted by Gasteiger charge is 2.20. The Balaban J connectivity index is 2.03. The van der Waals surface area contributed by atoms with Crippen LogP contribution in [0.4, 0.5) is 5.69 Å². The van der Waals surface area contributed by atoms with Crippen LogP contribution in [0.3, 0.4) is 0 Å². The molecule has 1 aromatic heterocycles. The van der Waals surface area contributed by atoms with Gasteiger partial charge in [0.15, 0.2) is 0 Å². The molecule has 0 radical (unpaired) electrons. The van der Waals surface area contributed by atoms with Gasteiger partial charge in [0.2, 0.25) is 5.16 Å². The van der Waals surface area contributed by atoms with E-state index in [0.29, 0.717) is 21.5 Å². The summed E-state index contributed by atoms with van der Waals surface area (Å²) in [6.45, 7) is 0. The van der Waals surface area contributed by atoms with Crippen molar-refractivity contribution in [2.45, 2.75) is 10.1 Å². The van der Waals surface area contributed by atoms with Crippen molar-refractivity contribution in [2.75, 3.05) is 7.11 Å². The summed E-state index contributed by atoms with van der Waals surface area (Å²) in [5, 5.41) is 32.0. The van der Waals surface area contributed by atoms with Crippen LogP contribution in [0.5, 0.6) is 5.75 Å². The van der Waals surface area contributed by atoms with E-state index in [2.05, 4.69) is 15.5 Å². The molecular formula is C15H10N6O3S. The lowest BCUT2D eigenvalue weighted by Crippen LogP contribution is -2.02. The number of nitro groups is 1. The van der Waals surface area contributed by atoms with Crippen molar-refractivity contribution in [3.8, 4) is 17.5 Å². The molecule has 1 heterocycles. The second kappa shape index (κ2) is 6.98. The van der Waals surface area contributed by atoms with E-state index in [-0.39, 0.29) is 11.3 Å². The van der Waals surface area contributed by atoms with Gasteiger partial charge < -0.3 is 4.74 Å². The number of hydrogen-bond acceptors (Lipinski definition) is 8. The van der Waals surface area contributed by atoms with Crippen molar-refractivity contribution in [3.63, 3.8) is 0 Å². The number of methoxy groups -OCH3 is 1. The lowest BCUT2D eigenvalue weighted by molar-refractivity contribution is -0.387. The Morgan fingerprint density at radius 1 is 1.32 bits per heavy atom. The van der Waals surface area contributed by atoms with E-state index in [0.717, 1.165) is 11.8 Å². The number of ether oxygens (including phenoxy) is 1. The van der Waals surface area contributed by atoms with Crippen molar-refractivity contribution < 1.29 is 9.66 Å². The molecule has 0 fully saturated rings. The van der Waals surface area contributed by atoms with Crippen LogP contribution in [0.25, 0.3) is 5.69 Å². The molecule has 0 saturated heterocycles. The monoisotopic (exact) mass is 354 g/mol. The number of hydrogen-bond donors (Lipinski definition) is 0. The minimum Gasteiger partial charge on any atom is -0.494 e. The molecule has 0 bridgehead atoms. The fourth-order valence-corrected chi connectivity index (χ4v) is 2.98. The first-order chi connectivity index (χ1) is 12.1. The summed E-state index contributed by atoms with van der Waals surface area (Å²) in [7, 11) is 1.53. The lowest BCUT2D eigenvalue weighted by atomic mass is 10.2. The zero-order valence-electron chi connectivity index (χ0n) is 12.9. The summed E-state index contributed by atoms with van der Waals surface area (Å²) in [4.78, 5) is 11.1. The minimum absolute atomic E-state index is 0.182. The molecule has 3 aromatic rings. The molecule has 0 amide bonds. The SMILES string of the molecule is COc1ccccc1-n1nnnc1Sc1ccc(C#N)cc1[N+](=O)[O-]. The molecule has 25 heavy (non-hydrogen) atoms. The molecule has 0 saturated carbocycles. The molecule has 10 heteroatoms. The molecule has 0 aliphatic carbocycles. The van der Waals surface area contributed by atoms with E-state index in [1.165, 1.54) is 30.0 Å². The maximum atomic E-state index is 11.3. The Labute approximate surface area is 146 Å². The van der Waals surface area contributed by atoms with Crippen LogP contribution in [0.1, 0.15) is 5.56 Å². The topological polar surface area (TPSA) is 120 Å². The van der Waals surface area contributed by atoms with Crippen LogP contribution in [0.2, 0.25) is 0 Å². The molecule has 3 rings (SSSR count). The third-order valence-electron chi connectivity index (χ3n) is 3.24. The first-order valence-electron chi connectivity index (χ1n) is 6.92. The van der Waals surface area contributed by atoms with Gasteiger partial charge in [-0.25, -0.2) is 0 Å². The van der Waals surface area contributed by atoms with Crippen molar-refractivity contribution in [1.82, 2.24) is 20.2 Å². The normalized spacial score (nSPS) is 10.2. The zero-order valence-corrected chi connectivity index (χ0v) is 13.7. The highest BCUT2D eigenvalue weighted by Crippen LogP contribution is 2.35. The van der Waals surface area contributed by atoms with Gasteiger partial charge in [-0.3, -0.25) is 10.1 Å². The maximum absolute atomic E-state index is 11.3. The lowest BCUT2D eigenvalue weighted by Gasteiger charge is -2.09. The standard InChI is InChI=1S/C15H10N6O3S/c1-24-13-5-3-2-4-11(13)20-15(17-18-19-20)25-14-7-6-10(9-16)8-12(14)21(22)23/h2-8H,1H3. The average molecular weight is 354 g/mol. The van der Waals surface area contributed by atoms with E-state index in [1.807, 2.05) is 12.1 Å².